The summed E-state index contributed by atoms with van der Waals surface area (Å²) >= 11 is 1.10. The summed E-state index contributed by atoms with van der Waals surface area (Å²) in [5.74, 6) is 1.45. The normalized spacial score (nSPS) is 16.5. The van der Waals surface area contributed by atoms with E-state index in [1.54, 1.807) is 17.0 Å². The van der Waals surface area contributed by atoms with Gasteiger partial charge in [0.15, 0.2) is 21.3 Å². The topological polar surface area (TPSA) is 121 Å². The zero-order chi connectivity index (χ0) is 25.7. The molecule has 10 nitrogen and oxygen atoms in total. The van der Waals surface area contributed by atoms with Gasteiger partial charge in [0.2, 0.25) is 17.5 Å². The van der Waals surface area contributed by atoms with Crippen LogP contribution in [-0.4, -0.2) is 74.1 Å². The van der Waals surface area contributed by atoms with Crippen LogP contribution in [0.3, 0.4) is 0 Å². The first-order valence-electron chi connectivity index (χ1n) is 11.1. The molecule has 1 aliphatic heterocycles. The molecule has 0 aliphatic carbocycles. The molecule has 36 heavy (non-hydrogen) atoms. The second-order valence-corrected chi connectivity index (χ2v) is 11.3. The van der Waals surface area contributed by atoms with Gasteiger partial charge < -0.3 is 23.5 Å². The monoisotopic (exact) mass is 533 g/mol. The fraction of sp³-hybridized carbons (Fsp3) is 0.375. The third-order valence-corrected chi connectivity index (χ3v) is 8.36. The SMILES string of the molecule is COc1cc(-c2nnc(SCC(=O)N(Cc3ccccc3)[C@H]3CCS(=O)(=O)C3)o2)cc(OC)c1OC. The maximum atomic E-state index is 13.2. The van der Waals surface area contributed by atoms with Crippen LogP contribution in [-0.2, 0) is 21.2 Å². The number of nitrogens with zero attached hydrogens (tertiary/aromatic N) is 3. The quantitative estimate of drug-likeness (QED) is 0.360. The Balaban J connectivity index is 1.48. The molecule has 2 heterocycles. The lowest BCUT2D eigenvalue weighted by Crippen LogP contribution is -2.41. The Hall–Kier alpha value is -3.25. The van der Waals surface area contributed by atoms with E-state index in [0.717, 1.165) is 17.3 Å². The molecule has 3 aromatic rings. The molecule has 0 saturated carbocycles. The van der Waals surface area contributed by atoms with Crippen molar-refractivity contribution >= 4 is 27.5 Å². The van der Waals surface area contributed by atoms with Crippen molar-refractivity contribution in [3.8, 4) is 28.7 Å². The standard InChI is InChI=1S/C24H27N3O7S2/c1-31-19-11-17(12-20(32-2)22(19)33-3)23-25-26-24(34-23)35-14-21(28)27(13-16-7-5-4-6-8-16)18-9-10-36(29,30)15-18/h4-8,11-12,18H,9-10,13-15H2,1-3H3/t18-/m0/s1. The summed E-state index contributed by atoms with van der Waals surface area (Å²) in [5, 5.41) is 8.35. The maximum absolute atomic E-state index is 13.2. The van der Waals surface area contributed by atoms with E-state index in [9.17, 15) is 13.2 Å². The summed E-state index contributed by atoms with van der Waals surface area (Å²) < 4.78 is 46.0. The molecular weight excluding hydrogens is 506 g/mol. The lowest BCUT2D eigenvalue weighted by molar-refractivity contribution is -0.130. The van der Waals surface area contributed by atoms with Gasteiger partial charge in [0.05, 0.1) is 38.6 Å². The van der Waals surface area contributed by atoms with Gasteiger partial charge in [0.25, 0.3) is 5.22 Å². The van der Waals surface area contributed by atoms with Crippen molar-refractivity contribution in [3.05, 3.63) is 48.0 Å². The maximum Gasteiger partial charge on any atom is 0.277 e. The first-order valence-corrected chi connectivity index (χ1v) is 13.9. The molecular formula is C24H27N3O7S2. The van der Waals surface area contributed by atoms with Crippen LogP contribution in [0, 0.1) is 0 Å². The van der Waals surface area contributed by atoms with Crippen molar-refractivity contribution in [3.63, 3.8) is 0 Å². The minimum atomic E-state index is -3.15. The van der Waals surface area contributed by atoms with Crippen LogP contribution in [0.25, 0.3) is 11.5 Å². The highest BCUT2D eigenvalue weighted by Gasteiger charge is 2.34. The molecule has 1 fully saturated rings. The highest BCUT2D eigenvalue weighted by molar-refractivity contribution is 7.99. The molecule has 4 rings (SSSR count). The molecule has 12 heteroatoms. The average Bonchev–Trinajstić information content (AvgIpc) is 3.51. The van der Waals surface area contributed by atoms with Gasteiger partial charge in [-0.25, -0.2) is 8.42 Å². The first-order chi connectivity index (χ1) is 17.3. The van der Waals surface area contributed by atoms with E-state index < -0.39 is 9.84 Å². The molecule has 0 N–H and O–H groups in total. The molecule has 1 aliphatic rings. The van der Waals surface area contributed by atoms with Crippen LogP contribution in [0.1, 0.15) is 12.0 Å². The van der Waals surface area contributed by atoms with Gasteiger partial charge in [-0.15, -0.1) is 10.2 Å². The number of thioether (sulfide) groups is 1. The molecule has 0 spiro atoms. The third kappa shape index (κ3) is 5.93. The van der Waals surface area contributed by atoms with Gasteiger partial charge in [-0.3, -0.25) is 4.79 Å². The first kappa shape index (κ1) is 25.8. The van der Waals surface area contributed by atoms with Gasteiger partial charge in [0, 0.05) is 18.2 Å². The average molecular weight is 534 g/mol. The number of amides is 1. The second kappa shape index (κ2) is 11.2. The van der Waals surface area contributed by atoms with Gasteiger partial charge in [-0.2, -0.15) is 0 Å². The molecule has 1 amide bonds. The summed E-state index contributed by atoms with van der Waals surface area (Å²) in [5.41, 5.74) is 1.50. The number of hydrogen-bond acceptors (Lipinski definition) is 10. The Morgan fingerprint density at radius 2 is 1.78 bits per heavy atom. The van der Waals surface area contributed by atoms with E-state index in [1.165, 1.54) is 21.3 Å². The number of rotatable bonds is 10. The van der Waals surface area contributed by atoms with E-state index in [2.05, 4.69) is 10.2 Å². The number of carbonyl (C=O) groups excluding carboxylic acids is 1. The summed E-state index contributed by atoms with van der Waals surface area (Å²) in [6.07, 6.45) is 0.428. The third-order valence-electron chi connectivity index (χ3n) is 5.80. The van der Waals surface area contributed by atoms with Crippen LogP contribution < -0.4 is 14.2 Å². The van der Waals surface area contributed by atoms with Crippen molar-refractivity contribution in [2.24, 2.45) is 0 Å². The largest absolute Gasteiger partial charge is 0.493 e. The van der Waals surface area contributed by atoms with Crippen LogP contribution in [0.5, 0.6) is 17.2 Å². The molecule has 1 aromatic heterocycles. The summed E-state index contributed by atoms with van der Waals surface area (Å²) in [4.78, 5) is 14.8. The van der Waals surface area contributed by atoms with Crippen LogP contribution >= 0.6 is 11.8 Å². The Kier molecular flexibility index (Phi) is 8.04. The van der Waals surface area contributed by atoms with Gasteiger partial charge in [0.1, 0.15) is 0 Å². The summed E-state index contributed by atoms with van der Waals surface area (Å²) in [7, 11) is 1.39. The fourth-order valence-corrected chi connectivity index (χ4v) is 6.40. The molecule has 0 unspecified atom stereocenters. The van der Waals surface area contributed by atoms with E-state index in [0.29, 0.717) is 35.8 Å². The van der Waals surface area contributed by atoms with Crippen LogP contribution in [0.4, 0.5) is 0 Å². The number of benzene rings is 2. The number of methoxy groups -OCH3 is 3. The van der Waals surface area contributed by atoms with Crippen molar-refractivity contribution in [1.82, 2.24) is 15.1 Å². The highest BCUT2D eigenvalue weighted by Crippen LogP contribution is 2.41. The van der Waals surface area contributed by atoms with E-state index >= 15 is 0 Å². The van der Waals surface area contributed by atoms with E-state index in [4.69, 9.17) is 18.6 Å². The molecule has 2 aromatic carbocycles. The molecule has 0 bridgehead atoms. The predicted octanol–water partition coefficient (Wildman–Crippen LogP) is 3.07. The van der Waals surface area contributed by atoms with Crippen molar-refractivity contribution < 1.29 is 31.8 Å². The summed E-state index contributed by atoms with van der Waals surface area (Å²) in [6, 6.07) is 12.5. The Morgan fingerprint density at radius 1 is 1.08 bits per heavy atom. The Bertz CT molecular complexity index is 1290. The Labute approximate surface area is 213 Å². The van der Waals surface area contributed by atoms with Crippen LogP contribution in [0.2, 0.25) is 0 Å². The lowest BCUT2D eigenvalue weighted by Gasteiger charge is -2.28. The fourth-order valence-electron chi connectivity index (χ4n) is 4.02. The number of ether oxygens (including phenoxy) is 3. The minimum absolute atomic E-state index is 0.0257. The molecule has 0 radical (unpaired) electrons. The van der Waals surface area contributed by atoms with Gasteiger partial charge in [-0.05, 0) is 24.1 Å². The number of sulfone groups is 1. The zero-order valence-electron chi connectivity index (χ0n) is 20.2. The number of hydrogen-bond donors (Lipinski definition) is 0. The van der Waals surface area contributed by atoms with Crippen molar-refractivity contribution in [2.75, 3.05) is 38.6 Å². The highest BCUT2D eigenvalue weighted by atomic mass is 32.2. The number of aromatic nitrogens is 2. The molecule has 192 valence electrons. The lowest BCUT2D eigenvalue weighted by atomic mass is 10.1. The predicted molar refractivity (Wildman–Crippen MR) is 134 cm³/mol. The van der Waals surface area contributed by atoms with E-state index in [-0.39, 0.29) is 40.3 Å². The van der Waals surface area contributed by atoms with Crippen LogP contribution in [0.15, 0.2) is 52.1 Å². The van der Waals surface area contributed by atoms with E-state index in [1.807, 2.05) is 30.3 Å². The van der Waals surface area contributed by atoms with Crippen molar-refractivity contribution in [2.45, 2.75) is 24.2 Å². The molecule has 1 atom stereocenters. The summed E-state index contributed by atoms with van der Waals surface area (Å²) in [6.45, 7) is 0.334. The Morgan fingerprint density at radius 3 is 2.36 bits per heavy atom. The molecule has 1 saturated heterocycles. The number of carbonyl (C=O) groups is 1. The second-order valence-electron chi connectivity index (χ2n) is 8.14. The zero-order valence-corrected chi connectivity index (χ0v) is 21.8. The van der Waals surface area contributed by atoms with Gasteiger partial charge in [-0.1, -0.05) is 42.1 Å². The van der Waals surface area contributed by atoms with Crippen molar-refractivity contribution in [1.29, 1.82) is 0 Å². The minimum Gasteiger partial charge on any atom is -0.493 e. The van der Waals surface area contributed by atoms with Gasteiger partial charge >= 0.3 is 0 Å². The smallest absolute Gasteiger partial charge is 0.277 e.